The van der Waals surface area contributed by atoms with Crippen molar-refractivity contribution < 1.29 is 13.7 Å². The molecule has 1 amide bonds. The molecule has 1 N–H and O–H groups in total. The summed E-state index contributed by atoms with van der Waals surface area (Å²) in [6.45, 7) is 3.82. The molecule has 0 atom stereocenters. The van der Waals surface area contributed by atoms with Crippen LogP contribution in [0.5, 0.6) is 0 Å². The van der Waals surface area contributed by atoms with Crippen LogP contribution in [0.4, 0.5) is 0 Å². The minimum Gasteiger partial charge on any atom is -0.441 e. The van der Waals surface area contributed by atoms with Gasteiger partial charge in [0.25, 0.3) is 0 Å². The van der Waals surface area contributed by atoms with Crippen molar-refractivity contribution in [1.82, 2.24) is 20.4 Å². The SMILES string of the molecule is Cc1ccc(-c2cnc(CCC(=O)NC3(c4noc(C)n4)CCCCCC3)o2)cc1. The first kappa shape index (κ1) is 20.3. The summed E-state index contributed by atoms with van der Waals surface area (Å²) < 4.78 is 11.1. The summed E-state index contributed by atoms with van der Waals surface area (Å²) in [5, 5.41) is 7.36. The summed E-state index contributed by atoms with van der Waals surface area (Å²) >= 11 is 0. The van der Waals surface area contributed by atoms with Gasteiger partial charge in [-0.15, -0.1) is 0 Å². The van der Waals surface area contributed by atoms with Gasteiger partial charge in [-0.1, -0.05) is 60.7 Å². The van der Waals surface area contributed by atoms with Gasteiger partial charge in [0.15, 0.2) is 17.5 Å². The molecular formula is C23H28N4O3. The molecule has 158 valence electrons. The smallest absolute Gasteiger partial charge is 0.223 e. The number of rotatable bonds is 6. The summed E-state index contributed by atoms with van der Waals surface area (Å²) in [7, 11) is 0. The lowest BCUT2D eigenvalue weighted by atomic mass is 9.89. The van der Waals surface area contributed by atoms with E-state index in [9.17, 15) is 4.79 Å². The van der Waals surface area contributed by atoms with Crippen molar-refractivity contribution in [3.05, 3.63) is 53.6 Å². The van der Waals surface area contributed by atoms with Crippen molar-refractivity contribution in [2.24, 2.45) is 0 Å². The summed E-state index contributed by atoms with van der Waals surface area (Å²) in [5.74, 6) is 2.34. The molecule has 7 nitrogen and oxygen atoms in total. The fourth-order valence-corrected chi connectivity index (χ4v) is 4.06. The average Bonchev–Trinajstić information content (AvgIpc) is 3.32. The lowest BCUT2D eigenvalue weighted by molar-refractivity contribution is -0.123. The minimum absolute atomic E-state index is 0.0468. The second-order valence-corrected chi connectivity index (χ2v) is 8.17. The molecule has 1 aliphatic rings. The zero-order valence-electron chi connectivity index (χ0n) is 17.6. The second kappa shape index (κ2) is 8.81. The molecule has 7 heteroatoms. The van der Waals surface area contributed by atoms with Gasteiger partial charge in [0.1, 0.15) is 5.54 Å². The highest BCUT2D eigenvalue weighted by Crippen LogP contribution is 2.34. The van der Waals surface area contributed by atoms with Crippen LogP contribution in [-0.2, 0) is 16.8 Å². The molecule has 2 aromatic heterocycles. The Hall–Kier alpha value is -2.96. The van der Waals surface area contributed by atoms with E-state index >= 15 is 0 Å². The molecule has 1 aromatic carbocycles. The van der Waals surface area contributed by atoms with E-state index in [0.29, 0.717) is 36.2 Å². The molecule has 1 fully saturated rings. The number of aryl methyl sites for hydroxylation is 3. The van der Waals surface area contributed by atoms with Gasteiger partial charge >= 0.3 is 0 Å². The molecule has 1 saturated carbocycles. The van der Waals surface area contributed by atoms with E-state index in [4.69, 9.17) is 8.94 Å². The zero-order chi connectivity index (χ0) is 21.0. The van der Waals surface area contributed by atoms with Gasteiger partial charge in [0.05, 0.1) is 6.20 Å². The average molecular weight is 409 g/mol. The molecule has 1 aliphatic carbocycles. The first-order valence-electron chi connectivity index (χ1n) is 10.7. The fourth-order valence-electron chi connectivity index (χ4n) is 4.06. The molecule has 0 aliphatic heterocycles. The maximum absolute atomic E-state index is 12.8. The normalized spacial score (nSPS) is 16.2. The van der Waals surface area contributed by atoms with Crippen LogP contribution in [0.3, 0.4) is 0 Å². The van der Waals surface area contributed by atoms with Crippen molar-refractivity contribution in [2.75, 3.05) is 0 Å². The predicted octanol–water partition coefficient (Wildman–Crippen LogP) is 4.64. The highest BCUT2D eigenvalue weighted by atomic mass is 16.5. The molecule has 0 bridgehead atoms. The van der Waals surface area contributed by atoms with E-state index < -0.39 is 5.54 Å². The van der Waals surface area contributed by atoms with E-state index in [1.807, 2.05) is 31.2 Å². The lowest BCUT2D eigenvalue weighted by Crippen LogP contribution is -2.46. The number of nitrogens with one attached hydrogen (secondary N) is 1. The van der Waals surface area contributed by atoms with Crippen molar-refractivity contribution >= 4 is 5.91 Å². The van der Waals surface area contributed by atoms with Crippen molar-refractivity contribution in [3.8, 4) is 11.3 Å². The standard InChI is InChI=1S/C23H28N4O3/c1-16-7-9-18(10-8-16)19-15-24-21(29-19)12-11-20(28)26-23(13-5-3-4-6-14-23)22-25-17(2)30-27-22/h7-10,15H,3-6,11-14H2,1-2H3,(H,26,28). The number of benzene rings is 1. The van der Waals surface area contributed by atoms with Gasteiger partial charge in [-0.2, -0.15) is 4.98 Å². The Morgan fingerprint density at radius 1 is 1.10 bits per heavy atom. The second-order valence-electron chi connectivity index (χ2n) is 8.17. The maximum Gasteiger partial charge on any atom is 0.223 e. The predicted molar refractivity (Wildman–Crippen MR) is 112 cm³/mol. The number of carbonyl (C=O) groups excluding carboxylic acids is 1. The number of amides is 1. The summed E-state index contributed by atoms with van der Waals surface area (Å²) in [4.78, 5) is 21.6. The molecule has 30 heavy (non-hydrogen) atoms. The number of nitrogens with zero attached hydrogens (tertiary/aromatic N) is 3. The van der Waals surface area contributed by atoms with Gasteiger partial charge < -0.3 is 14.3 Å². The Morgan fingerprint density at radius 2 is 1.83 bits per heavy atom. The Labute approximate surface area is 176 Å². The Kier molecular flexibility index (Phi) is 5.97. The van der Waals surface area contributed by atoms with E-state index in [2.05, 4.69) is 20.4 Å². The molecule has 0 spiro atoms. The van der Waals surface area contributed by atoms with Gasteiger partial charge in [-0.05, 0) is 19.8 Å². The molecule has 0 radical (unpaired) electrons. The Bertz CT molecular complexity index is 982. The van der Waals surface area contributed by atoms with Crippen LogP contribution in [0, 0.1) is 13.8 Å². The first-order chi connectivity index (χ1) is 14.5. The third kappa shape index (κ3) is 4.61. The largest absolute Gasteiger partial charge is 0.441 e. The minimum atomic E-state index is -0.547. The van der Waals surface area contributed by atoms with Crippen LogP contribution in [-0.4, -0.2) is 21.0 Å². The summed E-state index contributed by atoms with van der Waals surface area (Å²) in [5.41, 5.74) is 1.63. The van der Waals surface area contributed by atoms with E-state index in [1.165, 1.54) is 5.56 Å². The van der Waals surface area contributed by atoms with Crippen LogP contribution >= 0.6 is 0 Å². The highest BCUT2D eigenvalue weighted by molar-refractivity contribution is 5.77. The lowest BCUT2D eigenvalue weighted by Gasteiger charge is -2.30. The monoisotopic (exact) mass is 408 g/mol. The van der Waals surface area contributed by atoms with Gasteiger partial charge in [-0.3, -0.25) is 4.79 Å². The quantitative estimate of drug-likeness (QED) is 0.597. The first-order valence-corrected chi connectivity index (χ1v) is 10.7. The number of carbonyl (C=O) groups is 1. The molecular weight excluding hydrogens is 380 g/mol. The molecule has 4 rings (SSSR count). The van der Waals surface area contributed by atoms with E-state index in [-0.39, 0.29) is 5.91 Å². The number of aromatic nitrogens is 3. The van der Waals surface area contributed by atoms with E-state index in [0.717, 1.165) is 44.1 Å². The van der Waals surface area contributed by atoms with Gasteiger partial charge in [-0.25, -0.2) is 4.98 Å². The van der Waals surface area contributed by atoms with Crippen LogP contribution in [0.2, 0.25) is 0 Å². The third-order valence-electron chi connectivity index (χ3n) is 5.75. The third-order valence-corrected chi connectivity index (χ3v) is 5.75. The van der Waals surface area contributed by atoms with Crippen molar-refractivity contribution in [1.29, 1.82) is 0 Å². The van der Waals surface area contributed by atoms with Gasteiger partial charge in [0, 0.05) is 25.3 Å². The number of oxazole rings is 1. The van der Waals surface area contributed by atoms with Crippen molar-refractivity contribution in [2.45, 2.75) is 70.8 Å². The maximum atomic E-state index is 12.8. The van der Waals surface area contributed by atoms with E-state index in [1.54, 1.807) is 13.1 Å². The van der Waals surface area contributed by atoms with Crippen LogP contribution in [0.1, 0.15) is 68.1 Å². The van der Waals surface area contributed by atoms with Crippen molar-refractivity contribution in [3.63, 3.8) is 0 Å². The topological polar surface area (TPSA) is 94.1 Å². The summed E-state index contributed by atoms with van der Waals surface area (Å²) in [6, 6.07) is 8.09. The van der Waals surface area contributed by atoms with Gasteiger partial charge in [0.2, 0.25) is 11.8 Å². The number of hydrogen-bond donors (Lipinski definition) is 1. The Balaban J connectivity index is 1.41. The zero-order valence-corrected chi connectivity index (χ0v) is 17.6. The summed E-state index contributed by atoms with van der Waals surface area (Å²) in [6.07, 6.45) is 8.50. The Morgan fingerprint density at radius 3 is 2.50 bits per heavy atom. The highest BCUT2D eigenvalue weighted by Gasteiger charge is 2.38. The van der Waals surface area contributed by atoms with Crippen LogP contribution in [0.25, 0.3) is 11.3 Å². The molecule has 2 heterocycles. The molecule has 3 aromatic rings. The number of hydrogen-bond acceptors (Lipinski definition) is 6. The molecule has 0 saturated heterocycles. The fraction of sp³-hybridized carbons (Fsp3) is 0.478. The van der Waals surface area contributed by atoms with Crippen LogP contribution in [0.15, 0.2) is 39.4 Å². The van der Waals surface area contributed by atoms with Crippen LogP contribution < -0.4 is 5.32 Å². The molecule has 0 unspecified atom stereocenters.